The first kappa shape index (κ1) is 12.2. The lowest BCUT2D eigenvalue weighted by molar-refractivity contribution is -0.137. The topological polar surface area (TPSA) is 93.8 Å². The minimum atomic E-state index is -0.880. The fourth-order valence-corrected chi connectivity index (χ4v) is 1.70. The van der Waals surface area contributed by atoms with E-state index in [0.29, 0.717) is 5.82 Å². The van der Waals surface area contributed by atoms with Crippen LogP contribution in [0.25, 0.3) is 11.4 Å². The van der Waals surface area contributed by atoms with Gasteiger partial charge in [0.25, 0.3) is 0 Å². The molecule has 2 aromatic rings. The van der Waals surface area contributed by atoms with E-state index in [0.717, 1.165) is 11.3 Å². The van der Waals surface area contributed by atoms with Gasteiger partial charge in [0.15, 0.2) is 5.82 Å². The molecule has 0 aliphatic carbocycles. The summed E-state index contributed by atoms with van der Waals surface area (Å²) in [6.45, 7) is 3.64. The van der Waals surface area contributed by atoms with Crippen LogP contribution in [-0.4, -0.2) is 36.3 Å². The lowest BCUT2D eigenvalue weighted by Gasteiger charge is -2.10. The van der Waals surface area contributed by atoms with Crippen molar-refractivity contribution in [2.24, 2.45) is 0 Å². The first-order valence-corrected chi connectivity index (χ1v) is 5.50. The van der Waals surface area contributed by atoms with E-state index in [-0.39, 0.29) is 12.5 Å². The number of carbonyl (C=O) groups is 1. The molecular weight excluding hydrogens is 234 g/mol. The number of carboxylic acids is 1. The fourth-order valence-electron chi connectivity index (χ4n) is 1.70. The Bertz CT molecular complexity index is 566. The highest BCUT2D eigenvalue weighted by Gasteiger charge is 2.17. The summed E-state index contributed by atoms with van der Waals surface area (Å²) < 4.78 is 1.52. The van der Waals surface area contributed by atoms with Crippen LogP contribution in [0.2, 0.25) is 0 Å². The van der Waals surface area contributed by atoms with Gasteiger partial charge in [0, 0.05) is 17.5 Å². The van der Waals surface area contributed by atoms with Crippen molar-refractivity contribution in [3.8, 4) is 11.4 Å². The van der Waals surface area contributed by atoms with Gasteiger partial charge in [-0.25, -0.2) is 4.68 Å². The number of tetrazole rings is 1. The molecule has 7 heteroatoms. The largest absolute Gasteiger partial charge is 0.481 e. The van der Waals surface area contributed by atoms with E-state index in [1.54, 1.807) is 19.2 Å². The predicted octanol–water partition coefficient (Wildman–Crippen LogP) is 1.08. The average molecular weight is 247 g/mol. The van der Waals surface area contributed by atoms with Gasteiger partial charge in [-0.2, -0.15) is 0 Å². The minimum Gasteiger partial charge on any atom is -0.481 e. The van der Waals surface area contributed by atoms with Crippen molar-refractivity contribution < 1.29 is 9.90 Å². The van der Waals surface area contributed by atoms with E-state index in [9.17, 15) is 4.79 Å². The van der Waals surface area contributed by atoms with Gasteiger partial charge in [-0.3, -0.25) is 9.78 Å². The molecule has 2 rings (SSSR count). The highest BCUT2D eigenvalue weighted by atomic mass is 16.4. The maximum atomic E-state index is 10.7. The van der Waals surface area contributed by atoms with Crippen molar-refractivity contribution in [2.75, 3.05) is 0 Å². The van der Waals surface area contributed by atoms with Crippen LogP contribution in [-0.2, 0) is 4.79 Å². The Morgan fingerprint density at radius 2 is 2.33 bits per heavy atom. The highest BCUT2D eigenvalue weighted by Crippen LogP contribution is 2.20. The number of rotatable bonds is 4. The minimum absolute atomic E-state index is 0.0257. The lowest BCUT2D eigenvalue weighted by atomic mass is 10.2. The molecule has 2 aromatic heterocycles. The van der Waals surface area contributed by atoms with E-state index in [1.165, 1.54) is 4.68 Å². The predicted molar refractivity (Wildman–Crippen MR) is 62.7 cm³/mol. The van der Waals surface area contributed by atoms with Crippen LogP contribution >= 0.6 is 0 Å². The summed E-state index contributed by atoms with van der Waals surface area (Å²) in [5.41, 5.74) is 1.68. The van der Waals surface area contributed by atoms with Gasteiger partial charge < -0.3 is 5.11 Å². The fraction of sp³-hybridized carbons (Fsp3) is 0.364. The van der Waals surface area contributed by atoms with Crippen molar-refractivity contribution in [3.63, 3.8) is 0 Å². The Morgan fingerprint density at radius 3 is 3.00 bits per heavy atom. The number of aromatic nitrogens is 5. The molecule has 0 saturated heterocycles. The first-order chi connectivity index (χ1) is 8.58. The summed E-state index contributed by atoms with van der Waals surface area (Å²) in [5.74, 6) is -0.330. The zero-order valence-corrected chi connectivity index (χ0v) is 10.1. The Balaban J connectivity index is 2.35. The smallest absolute Gasteiger partial charge is 0.305 e. The van der Waals surface area contributed by atoms with Gasteiger partial charge in [-0.05, 0) is 36.4 Å². The number of aryl methyl sites for hydroxylation is 1. The second kappa shape index (κ2) is 4.91. The van der Waals surface area contributed by atoms with Crippen molar-refractivity contribution in [1.82, 2.24) is 25.2 Å². The van der Waals surface area contributed by atoms with Gasteiger partial charge in [0.2, 0.25) is 0 Å². The van der Waals surface area contributed by atoms with Crippen molar-refractivity contribution >= 4 is 5.97 Å². The standard InChI is InChI=1S/C11H13N5O2/c1-7-5-9(3-4-12-7)11-13-14-15-16(11)8(2)6-10(17)18/h3-5,8H,6H2,1-2H3,(H,17,18). The van der Waals surface area contributed by atoms with Crippen LogP contribution in [0.4, 0.5) is 0 Å². The molecule has 1 N–H and O–H groups in total. The third-order valence-corrected chi connectivity index (χ3v) is 2.54. The number of pyridine rings is 1. The van der Waals surface area contributed by atoms with E-state index < -0.39 is 5.97 Å². The van der Waals surface area contributed by atoms with Crippen molar-refractivity contribution in [3.05, 3.63) is 24.0 Å². The molecule has 1 unspecified atom stereocenters. The monoisotopic (exact) mass is 247 g/mol. The third kappa shape index (κ3) is 2.50. The summed E-state index contributed by atoms with van der Waals surface area (Å²) >= 11 is 0. The molecule has 0 aliphatic rings. The van der Waals surface area contributed by atoms with E-state index in [2.05, 4.69) is 20.5 Å². The summed E-state index contributed by atoms with van der Waals surface area (Å²) in [4.78, 5) is 14.8. The maximum absolute atomic E-state index is 10.7. The molecule has 0 aliphatic heterocycles. The zero-order valence-electron chi connectivity index (χ0n) is 10.1. The van der Waals surface area contributed by atoms with Gasteiger partial charge in [-0.15, -0.1) is 5.10 Å². The van der Waals surface area contributed by atoms with Crippen LogP contribution < -0.4 is 0 Å². The van der Waals surface area contributed by atoms with E-state index in [4.69, 9.17) is 5.11 Å². The van der Waals surface area contributed by atoms with E-state index >= 15 is 0 Å². The zero-order chi connectivity index (χ0) is 13.1. The van der Waals surface area contributed by atoms with E-state index in [1.807, 2.05) is 13.0 Å². The Kier molecular flexibility index (Phi) is 3.31. The van der Waals surface area contributed by atoms with Crippen LogP contribution in [0.15, 0.2) is 18.3 Å². The molecule has 0 saturated carbocycles. The molecule has 0 spiro atoms. The second-order valence-electron chi connectivity index (χ2n) is 4.08. The molecular formula is C11H13N5O2. The molecule has 7 nitrogen and oxygen atoms in total. The molecule has 18 heavy (non-hydrogen) atoms. The summed E-state index contributed by atoms with van der Waals surface area (Å²) in [7, 11) is 0. The van der Waals surface area contributed by atoms with Crippen molar-refractivity contribution in [1.29, 1.82) is 0 Å². The highest BCUT2D eigenvalue weighted by molar-refractivity contribution is 5.67. The Labute approximate surface area is 103 Å². The molecule has 0 fully saturated rings. The van der Waals surface area contributed by atoms with Crippen LogP contribution in [0.5, 0.6) is 0 Å². The Hall–Kier alpha value is -2.31. The SMILES string of the molecule is Cc1cc(-c2nnnn2C(C)CC(=O)O)ccn1. The molecule has 2 heterocycles. The van der Waals surface area contributed by atoms with Crippen LogP contribution in [0, 0.1) is 6.92 Å². The molecule has 0 amide bonds. The molecule has 0 aromatic carbocycles. The average Bonchev–Trinajstić information content (AvgIpc) is 2.76. The van der Waals surface area contributed by atoms with Crippen LogP contribution in [0.1, 0.15) is 25.1 Å². The molecule has 1 atom stereocenters. The van der Waals surface area contributed by atoms with Gasteiger partial charge in [0.05, 0.1) is 12.5 Å². The number of carboxylic acid groups (broad SMARTS) is 1. The summed E-state index contributed by atoms with van der Waals surface area (Å²) in [5, 5.41) is 20.2. The van der Waals surface area contributed by atoms with Gasteiger partial charge in [-0.1, -0.05) is 0 Å². The second-order valence-corrected chi connectivity index (χ2v) is 4.08. The van der Waals surface area contributed by atoms with Crippen LogP contribution in [0.3, 0.4) is 0 Å². The number of hydrogen-bond donors (Lipinski definition) is 1. The summed E-state index contributed by atoms with van der Waals surface area (Å²) in [6, 6.07) is 3.35. The normalized spacial score (nSPS) is 12.3. The lowest BCUT2D eigenvalue weighted by Crippen LogP contribution is -2.13. The quantitative estimate of drug-likeness (QED) is 0.868. The molecule has 0 bridgehead atoms. The Morgan fingerprint density at radius 1 is 1.56 bits per heavy atom. The van der Waals surface area contributed by atoms with Gasteiger partial charge in [0.1, 0.15) is 0 Å². The number of hydrogen-bond acceptors (Lipinski definition) is 5. The van der Waals surface area contributed by atoms with Crippen molar-refractivity contribution in [2.45, 2.75) is 26.3 Å². The molecule has 0 radical (unpaired) electrons. The number of nitrogens with zero attached hydrogens (tertiary/aromatic N) is 5. The van der Waals surface area contributed by atoms with Gasteiger partial charge >= 0.3 is 5.97 Å². The maximum Gasteiger partial charge on any atom is 0.305 e. The number of aliphatic carboxylic acids is 1. The molecule has 94 valence electrons. The third-order valence-electron chi connectivity index (χ3n) is 2.54. The summed E-state index contributed by atoms with van der Waals surface area (Å²) in [6.07, 6.45) is 1.65. The first-order valence-electron chi connectivity index (χ1n) is 5.50.